The predicted molar refractivity (Wildman–Crippen MR) is 123 cm³/mol. The van der Waals surface area contributed by atoms with Crippen molar-refractivity contribution >= 4 is 39.9 Å². The molecule has 2 heterocycles. The van der Waals surface area contributed by atoms with Crippen LogP contribution in [0.25, 0.3) is 11.3 Å². The van der Waals surface area contributed by atoms with Gasteiger partial charge in [-0.15, -0.1) is 11.3 Å². The smallest absolute Gasteiger partial charge is 0.256 e. The molecule has 4 rings (SSSR count). The minimum Gasteiger partial charge on any atom is -0.495 e. The number of aromatic nitrogens is 1. The molecule has 172 valence electrons. The normalized spacial score (nSPS) is 14.2. The van der Waals surface area contributed by atoms with E-state index in [9.17, 15) is 18.4 Å². The molecule has 2 amide bonds. The van der Waals surface area contributed by atoms with E-state index < -0.39 is 17.5 Å². The van der Waals surface area contributed by atoms with Crippen molar-refractivity contribution in [2.45, 2.75) is 12.8 Å². The van der Waals surface area contributed by atoms with E-state index in [0.717, 1.165) is 17.7 Å². The predicted octanol–water partition coefficient (Wildman–Crippen LogP) is 5.24. The summed E-state index contributed by atoms with van der Waals surface area (Å²) in [5.74, 6) is -2.04. The highest BCUT2D eigenvalue weighted by Gasteiger charge is 2.29. The number of hydrogen-bond donors (Lipinski definition) is 1. The summed E-state index contributed by atoms with van der Waals surface area (Å²) in [7, 11) is 1.54. The van der Waals surface area contributed by atoms with E-state index in [-0.39, 0.29) is 17.4 Å². The summed E-state index contributed by atoms with van der Waals surface area (Å²) in [5, 5.41) is 5.60. The van der Waals surface area contributed by atoms with Gasteiger partial charge < -0.3 is 15.0 Å². The van der Waals surface area contributed by atoms with Gasteiger partial charge >= 0.3 is 0 Å². The first-order chi connectivity index (χ1) is 15.9. The van der Waals surface area contributed by atoms with Crippen LogP contribution >= 0.6 is 22.9 Å². The lowest BCUT2D eigenvalue weighted by molar-refractivity contribution is -0.121. The van der Waals surface area contributed by atoms with Gasteiger partial charge in [-0.1, -0.05) is 11.6 Å². The summed E-state index contributed by atoms with van der Waals surface area (Å²) in [6, 6.07) is 8.22. The van der Waals surface area contributed by atoms with Crippen molar-refractivity contribution in [2.24, 2.45) is 5.92 Å². The number of thiazole rings is 1. The van der Waals surface area contributed by atoms with Crippen molar-refractivity contribution < 1.29 is 23.1 Å². The molecule has 0 radical (unpaired) electrons. The number of nitrogens with one attached hydrogen (secondary N) is 1. The Kier molecular flexibility index (Phi) is 6.90. The number of halogens is 3. The molecule has 1 N–H and O–H groups in total. The second-order valence-electron chi connectivity index (χ2n) is 7.57. The highest BCUT2D eigenvalue weighted by molar-refractivity contribution is 7.14. The Balaban J connectivity index is 1.34. The maximum absolute atomic E-state index is 13.9. The van der Waals surface area contributed by atoms with Crippen molar-refractivity contribution in [3.05, 3.63) is 64.0 Å². The molecule has 10 heteroatoms. The van der Waals surface area contributed by atoms with Crippen LogP contribution in [0, 0.1) is 17.6 Å². The Labute approximate surface area is 198 Å². The van der Waals surface area contributed by atoms with E-state index in [1.165, 1.54) is 16.2 Å². The molecule has 1 fully saturated rings. The van der Waals surface area contributed by atoms with Crippen LogP contribution in [-0.2, 0) is 4.79 Å². The standard InChI is InChI=1S/C23H20ClF2N3O3S/c1-32-20-5-2-14(10-17(20)24)19-12-33-23(27-19)28-21(30)13-6-8-29(9-7-13)22(31)16-4-3-15(25)11-18(16)26/h2-5,10-13H,6-9H2,1H3,(H,27,28,30). The van der Waals surface area contributed by atoms with Crippen molar-refractivity contribution in [3.63, 3.8) is 0 Å². The average molecular weight is 492 g/mol. The van der Waals surface area contributed by atoms with E-state index in [1.807, 2.05) is 11.4 Å². The Morgan fingerprint density at radius 2 is 1.94 bits per heavy atom. The highest BCUT2D eigenvalue weighted by atomic mass is 35.5. The molecule has 33 heavy (non-hydrogen) atoms. The van der Waals surface area contributed by atoms with Crippen LogP contribution in [0.5, 0.6) is 5.75 Å². The summed E-state index contributed by atoms with van der Waals surface area (Å²) in [6.45, 7) is 0.613. The first-order valence-electron chi connectivity index (χ1n) is 10.2. The lowest BCUT2D eigenvalue weighted by atomic mass is 9.95. The first kappa shape index (κ1) is 23.1. The van der Waals surface area contributed by atoms with Crippen LogP contribution in [0.4, 0.5) is 13.9 Å². The zero-order chi connectivity index (χ0) is 23.5. The molecule has 1 aliphatic heterocycles. The molecule has 0 bridgehead atoms. The van der Waals surface area contributed by atoms with Gasteiger partial charge in [0.1, 0.15) is 17.4 Å². The lowest BCUT2D eigenvalue weighted by Crippen LogP contribution is -2.41. The summed E-state index contributed by atoms with van der Waals surface area (Å²) in [5.41, 5.74) is 1.31. The molecule has 0 saturated carbocycles. The average Bonchev–Trinajstić information content (AvgIpc) is 3.27. The molecule has 1 aromatic heterocycles. The van der Waals surface area contributed by atoms with E-state index in [1.54, 1.807) is 19.2 Å². The lowest BCUT2D eigenvalue weighted by Gasteiger charge is -2.31. The third-order valence-corrected chi connectivity index (χ3v) is 6.55. The van der Waals surface area contributed by atoms with E-state index in [4.69, 9.17) is 16.3 Å². The van der Waals surface area contributed by atoms with Gasteiger partial charge in [-0.05, 0) is 43.2 Å². The van der Waals surface area contributed by atoms with Crippen LogP contribution in [0.1, 0.15) is 23.2 Å². The van der Waals surface area contributed by atoms with E-state index in [0.29, 0.717) is 53.6 Å². The Morgan fingerprint density at radius 3 is 2.61 bits per heavy atom. The highest BCUT2D eigenvalue weighted by Crippen LogP contribution is 2.32. The van der Waals surface area contributed by atoms with Crippen LogP contribution in [0.3, 0.4) is 0 Å². The maximum atomic E-state index is 13.9. The van der Waals surface area contributed by atoms with Gasteiger partial charge in [-0.3, -0.25) is 9.59 Å². The number of methoxy groups -OCH3 is 1. The summed E-state index contributed by atoms with van der Waals surface area (Å²) in [6.07, 6.45) is 0.874. The maximum Gasteiger partial charge on any atom is 0.256 e. The largest absolute Gasteiger partial charge is 0.495 e. The summed E-state index contributed by atoms with van der Waals surface area (Å²) >= 11 is 7.48. The number of carbonyl (C=O) groups excluding carboxylic acids is 2. The monoisotopic (exact) mass is 491 g/mol. The van der Waals surface area contributed by atoms with Gasteiger partial charge in [0.15, 0.2) is 5.13 Å². The quantitative estimate of drug-likeness (QED) is 0.529. The number of likely N-dealkylation sites (tertiary alicyclic amines) is 1. The fourth-order valence-electron chi connectivity index (χ4n) is 3.67. The zero-order valence-electron chi connectivity index (χ0n) is 17.6. The van der Waals surface area contributed by atoms with Crippen molar-refractivity contribution in [1.82, 2.24) is 9.88 Å². The van der Waals surface area contributed by atoms with Gasteiger partial charge in [0.25, 0.3) is 5.91 Å². The molecule has 1 aliphatic rings. The van der Waals surface area contributed by atoms with Crippen LogP contribution in [0.2, 0.25) is 5.02 Å². The SMILES string of the molecule is COc1ccc(-c2csc(NC(=O)C3CCN(C(=O)c4ccc(F)cc4F)CC3)n2)cc1Cl. The number of piperidine rings is 1. The van der Waals surface area contributed by atoms with E-state index >= 15 is 0 Å². The zero-order valence-corrected chi connectivity index (χ0v) is 19.2. The first-order valence-corrected chi connectivity index (χ1v) is 11.5. The molecule has 2 aromatic carbocycles. The van der Waals surface area contributed by atoms with Crippen molar-refractivity contribution in [3.8, 4) is 17.0 Å². The van der Waals surface area contributed by atoms with Crippen molar-refractivity contribution in [2.75, 3.05) is 25.5 Å². The molecular formula is C23H20ClF2N3O3S. The second-order valence-corrected chi connectivity index (χ2v) is 8.83. The number of anilines is 1. The molecule has 0 atom stereocenters. The fourth-order valence-corrected chi connectivity index (χ4v) is 4.66. The number of ether oxygens (including phenoxy) is 1. The number of hydrogen-bond acceptors (Lipinski definition) is 5. The van der Waals surface area contributed by atoms with Gasteiger partial charge in [-0.2, -0.15) is 0 Å². The minimum absolute atomic E-state index is 0.173. The second kappa shape index (κ2) is 9.84. The summed E-state index contributed by atoms with van der Waals surface area (Å²) in [4.78, 5) is 31.2. The number of amides is 2. The van der Waals surface area contributed by atoms with Crippen LogP contribution < -0.4 is 10.1 Å². The van der Waals surface area contributed by atoms with Gasteiger partial charge in [0, 0.05) is 36.0 Å². The minimum atomic E-state index is -0.891. The van der Waals surface area contributed by atoms with Crippen LogP contribution in [0.15, 0.2) is 41.8 Å². The number of rotatable bonds is 5. The third-order valence-electron chi connectivity index (χ3n) is 5.50. The molecule has 6 nitrogen and oxygen atoms in total. The van der Waals surface area contributed by atoms with Crippen LogP contribution in [-0.4, -0.2) is 41.9 Å². The Morgan fingerprint density at radius 1 is 1.18 bits per heavy atom. The Hall–Kier alpha value is -3.04. The number of benzene rings is 2. The molecule has 3 aromatic rings. The van der Waals surface area contributed by atoms with E-state index in [2.05, 4.69) is 10.3 Å². The molecular weight excluding hydrogens is 472 g/mol. The fraction of sp³-hybridized carbons (Fsp3) is 0.261. The Bertz CT molecular complexity index is 1200. The molecule has 0 spiro atoms. The number of carbonyl (C=O) groups is 2. The topological polar surface area (TPSA) is 71.5 Å². The third kappa shape index (κ3) is 5.15. The summed E-state index contributed by atoms with van der Waals surface area (Å²) < 4.78 is 32.2. The number of nitrogens with zero attached hydrogens (tertiary/aromatic N) is 2. The molecule has 0 aliphatic carbocycles. The van der Waals surface area contributed by atoms with Gasteiger partial charge in [0.2, 0.25) is 5.91 Å². The van der Waals surface area contributed by atoms with Gasteiger partial charge in [-0.25, -0.2) is 13.8 Å². The van der Waals surface area contributed by atoms with Gasteiger partial charge in [0.05, 0.1) is 23.4 Å². The molecule has 0 unspecified atom stereocenters. The molecule has 1 saturated heterocycles. The van der Waals surface area contributed by atoms with Crippen molar-refractivity contribution in [1.29, 1.82) is 0 Å².